The molecule has 3 heteroatoms. The third-order valence-electron chi connectivity index (χ3n) is 3.64. The molecule has 1 aliphatic heterocycles. The van der Waals surface area contributed by atoms with Gasteiger partial charge in [0.05, 0.1) is 6.54 Å². The van der Waals surface area contributed by atoms with Gasteiger partial charge in [0.2, 0.25) is 0 Å². The molecule has 2 nitrogen and oxygen atoms in total. The van der Waals surface area contributed by atoms with Gasteiger partial charge in [0, 0.05) is 11.8 Å². The minimum Gasteiger partial charge on any atom is -0.365 e. The second-order valence-corrected chi connectivity index (χ2v) is 7.04. The predicted molar refractivity (Wildman–Crippen MR) is 68.4 cm³/mol. The molecule has 0 aromatic rings. The van der Waals surface area contributed by atoms with Crippen LogP contribution in [0.15, 0.2) is 4.99 Å². The van der Waals surface area contributed by atoms with Crippen LogP contribution in [0.1, 0.15) is 34.1 Å². The molecule has 2 atom stereocenters. The SMILES string of the molecule is CC(C)C1CN=C(NCC2CC2(C)C)S1. The van der Waals surface area contributed by atoms with Crippen molar-refractivity contribution in [2.45, 2.75) is 39.4 Å². The van der Waals surface area contributed by atoms with Crippen molar-refractivity contribution in [2.24, 2.45) is 22.2 Å². The van der Waals surface area contributed by atoms with E-state index >= 15 is 0 Å². The van der Waals surface area contributed by atoms with E-state index in [-0.39, 0.29) is 0 Å². The van der Waals surface area contributed by atoms with Gasteiger partial charge in [-0.25, -0.2) is 0 Å². The van der Waals surface area contributed by atoms with Crippen LogP contribution in [0, 0.1) is 17.3 Å². The lowest BCUT2D eigenvalue weighted by atomic mass is 10.1. The minimum atomic E-state index is 0.578. The van der Waals surface area contributed by atoms with E-state index in [4.69, 9.17) is 0 Å². The molecule has 0 amide bonds. The van der Waals surface area contributed by atoms with Crippen molar-refractivity contribution in [3.05, 3.63) is 0 Å². The Balaban J connectivity index is 1.69. The Labute approximate surface area is 97.3 Å². The maximum Gasteiger partial charge on any atom is 0.156 e. The molecule has 0 spiro atoms. The first-order valence-electron chi connectivity index (χ1n) is 5.94. The minimum absolute atomic E-state index is 0.578. The van der Waals surface area contributed by atoms with Crippen molar-refractivity contribution in [1.29, 1.82) is 0 Å². The zero-order chi connectivity index (χ0) is 11.1. The summed E-state index contributed by atoms with van der Waals surface area (Å²) in [7, 11) is 0. The van der Waals surface area contributed by atoms with Crippen molar-refractivity contribution in [1.82, 2.24) is 5.32 Å². The number of hydrogen-bond donors (Lipinski definition) is 1. The summed E-state index contributed by atoms with van der Waals surface area (Å²) in [5.74, 6) is 1.59. The van der Waals surface area contributed by atoms with E-state index in [9.17, 15) is 0 Å². The molecule has 86 valence electrons. The monoisotopic (exact) mass is 226 g/mol. The lowest BCUT2D eigenvalue weighted by molar-refractivity contribution is 0.552. The topological polar surface area (TPSA) is 24.4 Å². The molecule has 0 saturated heterocycles. The summed E-state index contributed by atoms with van der Waals surface area (Å²) in [6, 6.07) is 0. The summed E-state index contributed by atoms with van der Waals surface area (Å²) >= 11 is 1.93. The van der Waals surface area contributed by atoms with Crippen LogP contribution in [-0.4, -0.2) is 23.5 Å². The van der Waals surface area contributed by atoms with Crippen LogP contribution in [0.25, 0.3) is 0 Å². The molecule has 0 aromatic heterocycles. The fourth-order valence-corrected chi connectivity index (χ4v) is 2.99. The first-order chi connectivity index (χ1) is 6.99. The first kappa shape index (κ1) is 11.3. The Hall–Kier alpha value is -0.180. The number of nitrogens with one attached hydrogen (secondary N) is 1. The van der Waals surface area contributed by atoms with E-state index in [1.165, 1.54) is 11.6 Å². The zero-order valence-electron chi connectivity index (χ0n) is 10.2. The smallest absolute Gasteiger partial charge is 0.156 e. The van der Waals surface area contributed by atoms with E-state index in [0.29, 0.717) is 10.7 Å². The highest BCUT2D eigenvalue weighted by molar-refractivity contribution is 8.14. The maximum absolute atomic E-state index is 4.55. The largest absolute Gasteiger partial charge is 0.365 e. The van der Waals surface area contributed by atoms with Gasteiger partial charge in [0.25, 0.3) is 0 Å². The second-order valence-electron chi connectivity index (χ2n) is 5.82. The fourth-order valence-electron chi connectivity index (χ4n) is 1.97. The summed E-state index contributed by atoms with van der Waals surface area (Å²) in [6.45, 7) is 11.4. The summed E-state index contributed by atoms with van der Waals surface area (Å²) < 4.78 is 0. The molecule has 1 N–H and O–H groups in total. The number of hydrogen-bond acceptors (Lipinski definition) is 3. The van der Waals surface area contributed by atoms with Crippen LogP contribution in [-0.2, 0) is 0 Å². The van der Waals surface area contributed by atoms with E-state index in [0.717, 1.165) is 24.9 Å². The van der Waals surface area contributed by atoms with Gasteiger partial charge in [-0.15, -0.1) is 0 Å². The van der Waals surface area contributed by atoms with Crippen molar-refractivity contribution in [2.75, 3.05) is 13.1 Å². The molecule has 2 unspecified atom stereocenters. The fraction of sp³-hybridized carbons (Fsp3) is 0.917. The van der Waals surface area contributed by atoms with Crippen LogP contribution in [0.4, 0.5) is 0 Å². The molecule has 1 aliphatic carbocycles. The van der Waals surface area contributed by atoms with E-state index < -0.39 is 0 Å². The van der Waals surface area contributed by atoms with Crippen LogP contribution >= 0.6 is 11.8 Å². The predicted octanol–water partition coefficient (Wildman–Crippen LogP) is 2.75. The van der Waals surface area contributed by atoms with Gasteiger partial charge >= 0.3 is 0 Å². The van der Waals surface area contributed by atoms with Crippen molar-refractivity contribution < 1.29 is 0 Å². The molecular weight excluding hydrogens is 204 g/mol. The first-order valence-corrected chi connectivity index (χ1v) is 6.82. The highest BCUT2D eigenvalue weighted by Crippen LogP contribution is 2.51. The molecule has 1 heterocycles. The zero-order valence-corrected chi connectivity index (χ0v) is 11.0. The summed E-state index contributed by atoms with van der Waals surface area (Å²) in [6.07, 6.45) is 1.37. The number of amidine groups is 1. The number of aliphatic imine (C=N–C) groups is 1. The third kappa shape index (κ3) is 2.68. The molecule has 2 rings (SSSR count). The molecule has 0 bridgehead atoms. The molecule has 0 radical (unpaired) electrons. The molecule has 1 saturated carbocycles. The number of thioether (sulfide) groups is 1. The highest BCUT2D eigenvalue weighted by Gasteiger charge is 2.45. The lowest BCUT2D eigenvalue weighted by Gasteiger charge is -2.12. The van der Waals surface area contributed by atoms with Gasteiger partial charge in [-0.3, -0.25) is 4.99 Å². The lowest BCUT2D eigenvalue weighted by Crippen LogP contribution is -2.23. The number of rotatable bonds is 3. The van der Waals surface area contributed by atoms with Gasteiger partial charge in [-0.2, -0.15) is 0 Å². The van der Waals surface area contributed by atoms with Gasteiger partial charge < -0.3 is 5.32 Å². The Morgan fingerprint density at radius 3 is 2.67 bits per heavy atom. The maximum atomic E-state index is 4.55. The van der Waals surface area contributed by atoms with Crippen molar-refractivity contribution >= 4 is 16.9 Å². The van der Waals surface area contributed by atoms with E-state index in [1.807, 2.05) is 11.8 Å². The summed E-state index contributed by atoms with van der Waals surface area (Å²) in [4.78, 5) is 4.55. The molecular formula is C12H22N2S. The number of nitrogens with zero attached hydrogens (tertiary/aromatic N) is 1. The summed E-state index contributed by atoms with van der Waals surface area (Å²) in [5, 5.41) is 5.37. The standard InChI is InChI=1S/C12H22N2S/c1-8(2)10-7-14-11(15-10)13-6-9-5-12(9,3)4/h8-10H,5-7H2,1-4H3,(H,13,14). The van der Waals surface area contributed by atoms with E-state index in [1.54, 1.807) is 0 Å². The molecule has 2 aliphatic rings. The average molecular weight is 226 g/mol. The Kier molecular flexibility index (Phi) is 3.02. The quantitative estimate of drug-likeness (QED) is 0.800. The van der Waals surface area contributed by atoms with Gasteiger partial charge in [0.1, 0.15) is 0 Å². The molecule has 1 fully saturated rings. The van der Waals surface area contributed by atoms with Crippen LogP contribution < -0.4 is 5.32 Å². The summed E-state index contributed by atoms with van der Waals surface area (Å²) in [5.41, 5.74) is 0.578. The van der Waals surface area contributed by atoms with Gasteiger partial charge in [-0.05, 0) is 23.7 Å². The second kappa shape index (κ2) is 4.00. The van der Waals surface area contributed by atoms with Crippen LogP contribution in [0.3, 0.4) is 0 Å². The van der Waals surface area contributed by atoms with Gasteiger partial charge in [0.15, 0.2) is 5.17 Å². The normalized spacial score (nSPS) is 33.0. The van der Waals surface area contributed by atoms with E-state index in [2.05, 4.69) is 38.0 Å². The Morgan fingerprint density at radius 1 is 1.53 bits per heavy atom. The Bertz CT molecular complexity index is 271. The average Bonchev–Trinajstić information content (AvgIpc) is 2.63. The van der Waals surface area contributed by atoms with Crippen LogP contribution in [0.2, 0.25) is 0 Å². The third-order valence-corrected chi connectivity index (χ3v) is 5.13. The molecule has 0 aromatic carbocycles. The van der Waals surface area contributed by atoms with Crippen LogP contribution in [0.5, 0.6) is 0 Å². The van der Waals surface area contributed by atoms with Crippen molar-refractivity contribution in [3.8, 4) is 0 Å². The highest BCUT2D eigenvalue weighted by atomic mass is 32.2. The molecule has 15 heavy (non-hydrogen) atoms. The Morgan fingerprint density at radius 2 is 2.20 bits per heavy atom. The van der Waals surface area contributed by atoms with Crippen molar-refractivity contribution in [3.63, 3.8) is 0 Å². The van der Waals surface area contributed by atoms with Gasteiger partial charge in [-0.1, -0.05) is 39.5 Å².